The standard InChI is InChI=1S/C13H13F2N3O/c1-8-4-3-5-10(9(8)2)16-12(19)11-6-7-18(17-11)13(14)15/h3-7,13H,1-2H3,(H,16,19). The Morgan fingerprint density at radius 1 is 1.32 bits per heavy atom. The molecule has 0 saturated carbocycles. The molecular weight excluding hydrogens is 252 g/mol. The first kappa shape index (κ1) is 13.2. The summed E-state index contributed by atoms with van der Waals surface area (Å²) in [4.78, 5) is 11.9. The third kappa shape index (κ3) is 2.78. The molecule has 100 valence electrons. The quantitative estimate of drug-likeness (QED) is 0.926. The van der Waals surface area contributed by atoms with Gasteiger partial charge in [-0.2, -0.15) is 13.9 Å². The Bertz CT molecular complexity index is 608. The van der Waals surface area contributed by atoms with Gasteiger partial charge in [0, 0.05) is 11.9 Å². The van der Waals surface area contributed by atoms with Gasteiger partial charge in [0.25, 0.3) is 5.91 Å². The highest BCUT2D eigenvalue weighted by atomic mass is 19.3. The van der Waals surface area contributed by atoms with Gasteiger partial charge in [0.2, 0.25) is 0 Å². The van der Waals surface area contributed by atoms with E-state index in [-0.39, 0.29) is 5.69 Å². The number of rotatable bonds is 3. The minimum Gasteiger partial charge on any atom is -0.320 e. The molecule has 0 unspecified atom stereocenters. The monoisotopic (exact) mass is 265 g/mol. The number of carbonyl (C=O) groups excluding carboxylic acids is 1. The molecule has 0 fully saturated rings. The second kappa shape index (κ2) is 5.17. The average Bonchev–Trinajstić information content (AvgIpc) is 2.84. The number of amides is 1. The van der Waals surface area contributed by atoms with E-state index in [2.05, 4.69) is 10.4 Å². The molecule has 0 radical (unpaired) electrons. The van der Waals surface area contributed by atoms with E-state index in [1.165, 1.54) is 6.07 Å². The maximum Gasteiger partial charge on any atom is 0.333 e. The van der Waals surface area contributed by atoms with Crippen molar-refractivity contribution in [1.82, 2.24) is 9.78 Å². The van der Waals surface area contributed by atoms with E-state index in [1.54, 1.807) is 6.07 Å². The van der Waals surface area contributed by atoms with Crippen molar-refractivity contribution < 1.29 is 13.6 Å². The van der Waals surface area contributed by atoms with Gasteiger partial charge in [0.05, 0.1) is 0 Å². The van der Waals surface area contributed by atoms with Gasteiger partial charge >= 0.3 is 6.55 Å². The van der Waals surface area contributed by atoms with Crippen LogP contribution in [0.15, 0.2) is 30.5 Å². The van der Waals surface area contributed by atoms with E-state index in [4.69, 9.17) is 0 Å². The summed E-state index contributed by atoms with van der Waals surface area (Å²) in [6, 6.07) is 6.75. The maximum absolute atomic E-state index is 12.4. The van der Waals surface area contributed by atoms with Crippen LogP contribution in [0.3, 0.4) is 0 Å². The van der Waals surface area contributed by atoms with E-state index in [9.17, 15) is 13.6 Å². The highest BCUT2D eigenvalue weighted by molar-refractivity contribution is 6.03. The molecule has 0 bridgehead atoms. The van der Waals surface area contributed by atoms with E-state index in [1.807, 2.05) is 26.0 Å². The van der Waals surface area contributed by atoms with Crippen LogP contribution in [0.25, 0.3) is 0 Å². The highest BCUT2D eigenvalue weighted by Crippen LogP contribution is 2.18. The fourth-order valence-corrected chi connectivity index (χ4v) is 1.64. The lowest BCUT2D eigenvalue weighted by molar-refractivity contribution is 0.0561. The van der Waals surface area contributed by atoms with Crippen LogP contribution in [0.2, 0.25) is 0 Å². The van der Waals surface area contributed by atoms with Gasteiger partial charge in [0.15, 0.2) is 5.69 Å². The van der Waals surface area contributed by atoms with E-state index in [0.717, 1.165) is 17.3 Å². The summed E-state index contributed by atoms with van der Waals surface area (Å²) in [6.45, 7) is 1.06. The number of anilines is 1. The minimum absolute atomic E-state index is 0.0405. The van der Waals surface area contributed by atoms with Crippen molar-refractivity contribution in [3.8, 4) is 0 Å². The number of nitrogens with zero attached hydrogens (tertiary/aromatic N) is 2. The normalized spacial score (nSPS) is 10.8. The molecule has 2 aromatic rings. The van der Waals surface area contributed by atoms with Crippen LogP contribution in [-0.4, -0.2) is 15.7 Å². The van der Waals surface area contributed by atoms with Gasteiger partial charge in [-0.15, -0.1) is 0 Å². The number of aromatic nitrogens is 2. The molecule has 1 amide bonds. The molecule has 0 aliphatic rings. The second-order valence-corrected chi connectivity index (χ2v) is 4.16. The molecule has 1 aromatic heterocycles. The molecule has 6 heteroatoms. The lowest BCUT2D eigenvalue weighted by Gasteiger charge is -2.09. The SMILES string of the molecule is Cc1cccc(NC(=O)c2ccn(C(F)F)n2)c1C. The van der Waals surface area contributed by atoms with Crippen molar-refractivity contribution in [2.75, 3.05) is 5.32 Å². The zero-order valence-corrected chi connectivity index (χ0v) is 10.5. The molecule has 0 aliphatic carbocycles. The number of carbonyl (C=O) groups is 1. The summed E-state index contributed by atoms with van der Waals surface area (Å²) in [5.41, 5.74) is 2.58. The second-order valence-electron chi connectivity index (χ2n) is 4.16. The first-order valence-corrected chi connectivity index (χ1v) is 5.70. The topological polar surface area (TPSA) is 46.9 Å². The Kier molecular flexibility index (Phi) is 3.59. The van der Waals surface area contributed by atoms with Crippen LogP contribution in [0.4, 0.5) is 14.5 Å². The molecular formula is C13H13F2N3O. The van der Waals surface area contributed by atoms with E-state index >= 15 is 0 Å². The molecule has 0 spiro atoms. The van der Waals surface area contributed by atoms with Crippen LogP contribution < -0.4 is 5.32 Å². The third-order valence-electron chi connectivity index (χ3n) is 2.89. The van der Waals surface area contributed by atoms with Gasteiger partial charge in [-0.1, -0.05) is 12.1 Å². The van der Waals surface area contributed by atoms with E-state index in [0.29, 0.717) is 10.4 Å². The lowest BCUT2D eigenvalue weighted by atomic mass is 10.1. The van der Waals surface area contributed by atoms with Crippen molar-refractivity contribution in [1.29, 1.82) is 0 Å². The fourth-order valence-electron chi connectivity index (χ4n) is 1.64. The molecule has 1 aromatic carbocycles. The number of hydrogen-bond acceptors (Lipinski definition) is 2. The predicted molar refractivity (Wildman–Crippen MR) is 67.3 cm³/mol. The van der Waals surface area contributed by atoms with Crippen molar-refractivity contribution in [3.05, 3.63) is 47.3 Å². The molecule has 0 atom stereocenters. The predicted octanol–water partition coefficient (Wildman–Crippen LogP) is 3.15. The molecule has 0 aliphatic heterocycles. The third-order valence-corrected chi connectivity index (χ3v) is 2.89. The number of hydrogen-bond donors (Lipinski definition) is 1. The first-order chi connectivity index (χ1) is 8.99. The zero-order valence-electron chi connectivity index (χ0n) is 10.5. The van der Waals surface area contributed by atoms with Crippen LogP contribution in [0.5, 0.6) is 0 Å². The van der Waals surface area contributed by atoms with Gasteiger partial charge in [-0.3, -0.25) is 4.79 Å². The molecule has 1 heterocycles. The summed E-state index contributed by atoms with van der Waals surface area (Å²) >= 11 is 0. The Morgan fingerprint density at radius 3 is 2.68 bits per heavy atom. The van der Waals surface area contributed by atoms with Crippen molar-refractivity contribution >= 4 is 11.6 Å². The summed E-state index contributed by atoms with van der Waals surface area (Å²) < 4.78 is 25.2. The number of halogens is 2. The van der Waals surface area contributed by atoms with Crippen molar-refractivity contribution in [2.24, 2.45) is 0 Å². The first-order valence-electron chi connectivity index (χ1n) is 5.70. The summed E-state index contributed by atoms with van der Waals surface area (Å²) in [5, 5.41) is 6.17. The van der Waals surface area contributed by atoms with Gasteiger partial charge in [-0.05, 0) is 37.1 Å². The average molecular weight is 265 g/mol. The minimum atomic E-state index is -2.75. The van der Waals surface area contributed by atoms with Crippen molar-refractivity contribution in [3.63, 3.8) is 0 Å². The Labute approximate surface area is 109 Å². The van der Waals surface area contributed by atoms with Gasteiger partial charge in [0.1, 0.15) is 0 Å². The molecule has 19 heavy (non-hydrogen) atoms. The number of nitrogens with one attached hydrogen (secondary N) is 1. The lowest BCUT2D eigenvalue weighted by Crippen LogP contribution is -2.14. The zero-order chi connectivity index (χ0) is 14.0. The molecule has 1 N–H and O–H groups in total. The maximum atomic E-state index is 12.4. The molecule has 0 saturated heterocycles. The largest absolute Gasteiger partial charge is 0.333 e. The van der Waals surface area contributed by atoms with Gasteiger partial charge < -0.3 is 5.32 Å². The van der Waals surface area contributed by atoms with E-state index < -0.39 is 12.5 Å². The van der Waals surface area contributed by atoms with Crippen molar-refractivity contribution in [2.45, 2.75) is 20.4 Å². The van der Waals surface area contributed by atoms with Crippen LogP contribution in [0, 0.1) is 13.8 Å². The smallest absolute Gasteiger partial charge is 0.320 e. The number of benzene rings is 1. The summed E-state index contributed by atoms with van der Waals surface area (Å²) in [7, 11) is 0. The Balaban J connectivity index is 2.18. The summed E-state index contributed by atoms with van der Waals surface area (Å²) in [6.07, 6.45) is 1.07. The Hall–Kier alpha value is -2.24. The fraction of sp³-hybridized carbons (Fsp3) is 0.231. The van der Waals surface area contributed by atoms with Gasteiger partial charge in [-0.25, -0.2) is 4.68 Å². The van der Waals surface area contributed by atoms with Crippen LogP contribution >= 0.6 is 0 Å². The molecule has 2 rings (SSSR count). The van der Waals surface area contributed by atoms with Crippen LogP contribution in [-0.2, 0) is 0 Å². The van der Waals surface area contributed by atoms with Crippen LogP contribution in [0.1, 0.15) is 28.2 Å². The summed E-state index contributed by atoms with van der Waals surface area (Å²) in [5.74, 6) is -0.506. The molecule has 4 nitrogen and oxygen atoms in total. The number of alkyl halides is 2. The Morgan fingerprint density at radius 2 is 2.05 bits per heavy atom. The highest BCUT2D eigenvalue weighted by Gasteiger charge is 2.14. The number of aryl methyl sites for hydroxylation is 1.